The van der Waals surface area contributed by atoms with Crippen LogP contribution in [0.5, 0.6) is 0 Å². The number of benzene rings is 1. The minimum atomic E-state index is -5.00. The summed E-state index contributed by atoms with van der Waals surface area (Å²) >= 11 is 0. The molecule has 0 spiro atoms. The molecule has 1 saturated carbocycles. The van der Waals surface area contributed by atoms with Gasteiger partial charge in [0.1, 0.15) is 0 Å². The van der Waals surface area contributed by atoms with Gasteiger partial charge < -0.3 is 1.43 Å². The molecule has 0 aromatic heterocycles. The first-order valence-corrected chi connectivity index (χ1v) is 8.26. The summed E-state index contributed by atoms with van der Waals surface area (Å²) in [4.78, 5) is 12.3. The van der Waals surface area contributed by atoms with Crippen molar-refractivity contribution < 1.29 is 51.4 Å². The molecule has 9 heteroatoms. The quantitative estimate of drug-likeness (QED) is 0.458. The first kappa shape index (κ1) is 21.5. The van der Waals surface area contributed by atoms with Gasteiger partial charge in [0.25, 0.3) is 0 Å². The van der Waals surface area contributed by atoms with Gasteiger partial charge in [-0.1, -0.05) is 25.3 Å². The van der Waals surface area contributed by atoms with Crippen LogP contribution in [-0.2, 0) is 12.4 Å². The topological polar surface area (TPSA) is 17.1 Å². The number of hydrogen-bond acceptors (Lipinski definition) is 1. The van der Waals surface area contributed by atoms with E-state index < -0.39 is 43.1 Å². The molecule has 0 bridgehead atoms. The molecule has 1 nitrogen and oxygen atoms in total. The van der Waals surface area contributed by atoms with E-state index in [1.165, 1.54) is 0 Å². The predicted molar refractivity (Wildman–Crippen MR) is 77.1 cm³/mol. The minimum Gasteiger partial charge on any atom is -1.00 e. The van der Waals surface area contributed by atoms with Gasteiger partial charge in [0.15, 0.2) is 5.52 Å². The molecule has 0 radical (unpaired) electrons. The second kappa shape index (κ2) is 8.25. The summed E-state index contributed by atoms with van der Waals surface area (Å²) in [6, 6.07) is 1.76. The van der Waals surface area contributed by atoms with Crippen molar-refractivity contribution in [3.8, 4) is 0 Å². The standard InChI is InChI=1S/C15H15F6OP.Li.H/c16-14(17,18)10-7-4-8-11(15(19,20)21)12(10)13(22)23-9-5-2-1-3-6-9;;/h4,7-9,23H,1-3,5-6H2;;/q;+1;-1. The Morgan fingerprint density at radius 1 is 0.958 bits per heavy atom. The number of halogens is 6. The molecule has 0 amide bonds. The summed E-state index contributed by atoms with van der Waals surface area (Å²) in [7, 11) is -0.555. The Labute approximate surface area is 151 Å². The average molecular weight is 364 g/mol. The van der Waals surface area contributed by atoms with Gasteiger partial charge in [-0.25, -0.2) is 0 Å². The van der Waals surface area contributed by atoms with E-state index in [1.54, 1.807) is 0 Å². The van der Waals surface area contributed by atoms with Crippen LogP contribution >= 0.6 is 8.58 Å². The van der Waals surface area contributed by atoms with E-state index in [2.05, 4.69) is 0 Å². The van der Waals surface area contributed by atoms with Crippen molar-refractivity contribution in [2.75, 3.05) is 0 Å². The van der Waals surface area contributed by atoms with E-state index in [4.69, 9.17) is 0 Å². The Kier molecular flexibility index (Phi) is 7.41. The Hall–Kier alpha value is -0.503. The fourth-order valence-corrected chi connectivity index (χ4v) is 4.26. The van der Waals surface area contributed by atoms with Crippen molar-refractivity contribution in [1.82, 2.24) is 0 Å². The van der Waals surface area contributed by atoms with Crippen molar-refractivity contribution in [1.29, 1.82) is 0 Å². The molecule has 0 N–H and O–H groups in total. The molecule has 24 heavy (non-hydrogen) atoms. The van der Waals surface area contributed by atoms with E-state index >= 15 is 0 Å². The van der Waals surface area contributed by atoms with Crippen LogP contribution in [0.4, 0.5) is 26.3 Å². The van der Waals surface area contributed by atoms with Crippen LogP contribution in [0.25, 0.3) is 0 Å². The molecular formula is C15H16F6LiOP. The molecule has 1 fully saturated rings. The van der Waals surface area contributed by atoms with Gasteiger partial charge in [-0.05, 0) is 39.2 Å². The zero-order valence-electron chi connectivity index (χ0n) is 14.0. The molecule has 130 valence electrons. The van der Waals surface area contributed by atoms with Crippen LogP contribution in [0.2, 0.25) is 0 Å². The summed E-state index contributed by atoms with van der Waals surface area (Å²) in [6.45, 7) is 0. The van der Waals surface area contributed by atoms with Crippen molar-refractivity contribution in [3.05, 3.63) is 34.9 Å². The fraction of sp³-hybridized carbons (Fsp3) is 0.533. The molecule has 0 heterocycles. The molecule has 2 rings (SSSR count). The van der Waals surface area contributed by atoms with E-state index in [9.17, 15) is 31.1 Å². The maximum atomic E-state index is 13.0. The van der Waals surface area contributed by atoms with E-state index in [-0.39, 0.29) is 25.9 Å². The molecule has 0 saturated heterocycles. The Morgan fingerprint density at radius 2 is 1.42 bits per heavy atom. The summed E-state index contributed by atoms with van der Waals surface area (Å²) in [5.74, 6) is 0. The summed E-state index contributed by atoms with van der Waals surface area (Å²) in [6.07, 6.45) is -5.93. The molecule has 1 aromatic rings. The van der Waals surface area contributed by atoms with Gasteiger partial charge in [-0.2, -0.15) is 26.3 Å². The first-order chi connectivity index (χ1) is 10.6. The van der Waals surface area contributed by atoms with Crippen molar-refractivity contribution >= 4 is 14.1 Å². The molecule has 1 atom stereocenters. The molecule has 1 aromatic carbocycles. The maximum Gasteiger partial charge on any atom is 1.00 e. The summed E-state index contributed by atoms with van der Waals surface area (Å²) in [5, 5.41) is 0. The average Bonchev–Trinajstić information content (AvgIpc) is 2.45. The largest absolute Gasteiger partial charge is 1.00 e. The van der Waals surface area contributed by atoms with E-state index in [1.807, 2.05) is 0 Å². The van der Waals surface area contributed by atoms with Crippen LogP contribution in [0.1, 0.15) is 55.0 Å². The first-order valence-electron chi connectivity index (χ1n) is 7.19. The van der Waals surface area contributed by atoms with Crippen molar-refractivity contribution in [2.45, 2.75) is 50.1 Å². The SMILES string of the molecule is O=C(PC1CCCCC1)c1c(C(F)(F)F)cccc1C(F)(F)F.[H-].[Li+]. The predicted octanol–water partition coefficient (Wildman–Crippen LogP) is 2.99. The number of hydrogen-bond donors (Lipinski definition) is 0. The van der Waals surface area contributed by atoms with Crippen LogP contribution in [0.15, 0.2) is 18.2 Å². The summed E-state index contributed by atoms with van der Waals surface area (Å²) < 4.78 is 78.2. The third kappa shape index (κ3) is 5.24. The van der Waals surface area contributed by atoms with Gasteiger partial charge in [0.2, 0.25) is 0 Å². The van der Waals surface area contributed by atoms with Gasteiger partial charge >= 0.3 is 31.2 Å². The molecule has 1 aliphatic carbocycles. The van der Waals surface area contributed by atoms with Gasteiger partial charge in [-0.3, -0.25) is 4.79 Å². The molecule has 1 aliphatic rings. The van der Waals surface area contributed by atoms with Crippen molar-refractivity contribution in [3.63, 3.8) is 0 Å². The Balaban J connectivity index is 0.00000288. The Morgan fingerprint density at radius 3 is 1.83 bits per heavy atom. The van der Waals surface area contributed by atoms with Gasteiger partial charge in [0, 0.05) is 5.56 Å². The number of carbonyl (C=O) groups excluding carboxylic acids is 1. The zero-order chi connectivity index (χ0) is 17.3. The Bertz CT molecular complexity index is 552. The van der Waals surface area contributed by atoms with Crippen LogP contribution in [0.3, 0.4) is 0 Å². The summed E-state index contributed by atoms with van der Waals surface area (Å²) in [5.41, 5.74) is -5.38. The second-order valence-corrected chi connectivity index (χ2v) is 7.09. The van der Waals surface area contributed by atoms with E-state index in [0.29, 0.717) is 31.0 Å². The molecular weight excluding hydrogens is 348 g/mol. The molecule has 0 aliphatic heterocycles. The maximum absolute atomic E-state index is 13.0. The monoisotopic (exact) mass is 364 g/mol. The van der Waals surface area contributed by atoms with Crippen LogP contribution in [0, 0.1) is 0 Å². The number of rotatable bonds is 3. The van der Waals surface area contributed by atoms with Crippen LogP contribution in [-0.4, -0.2) is 11.2 Å². The number of alkyl halides is 6. The normalized spacial score (nSPS) is 17.1. The second-order valence-electron chi connectivity index (χ2n) is 5.53. The third-order valence-electron chi connectivity index (χ3n) is 3.84. The molecule has 1 unspecified atom stereocenters. The van der Waals surface area contributed by atoms with Crippen molar-refractivity contribution in [2.24, 2.45) is 0 Å². The van der Waals surface area contributed by atoms with Gasteiger partial charge in [-0.15, -0.1) is 0 Å². The zero-order valence-corrected chi connectivity index (χ0v) is 14.0. The van der Waals surface area contributed by atoms with Gasteiger partial charge in [0.05, 0.1) is 11.1 Å². The fourth-order valence-electron chi connectivity index (χ4n) is 2.77. The number of carbonyl (C=O) groups is 1. The van der Waals surface area contributed by atoms with E-state index in [0.717, 1.165) is 19.3 Å². The van der Waals surface area contributed by atoms with Crippen LogP contribution < -0.4 is 18.9 Å². The minimum absolute atomic E-state index is 0. The smallest absolute Gasteiger partial charge is 1.00 e. The third-order valence-corrected chi connectivity index (χ3v) is 5.34.